The average molecular weight is 258 g/mol. The maximum absolute atomic E-state index is 13.4. The van der Waals surface area contributed by atoms with E-state index in [0.29, 0.717) is 0 Å². The normalized spacial score (nSPS) is 10.9. The zero-order valence-corrected chi connectivity index (χ0v) is 10.5. The summed E-state index contributed by atoms with van der Waals surface area (Å²) in [5.74, 6) is -0.652. The van der Waals surface area contributed by atoms with E-state index in [-0.39, 0.29) is 11.3 Å². The van der Waals surface area contributed by atoms with Crippen molar-refractivity contribution in [3.63, 3.8) is 0 Å². The van der Waals surface area contributed by atoms with Crippen molar-refractivity contribution < 1.29 is 18.3 Å². The van der Waals surface area contributed by atoms with Gasteiger partial charge in [-0.25, -0.2) is 19.0 Å². The summed E-state index contributed by atoms with van der Waals surface area (Å²) >= 11 is 0. The smallest absolute Gasteiger partial charge is 0.426 e. The molecule has 0 saturated carbocycles. The zero-order chi connectivity index (χ0) is 13.8. The Labute approximate surface area is 104 Å². The fourth-order valence-electron chi connectivity index (χ4n) is 1.17. The van der Waals surface area contributed by atoms with E-state index in [0.717, 1.165) is 6.07 Å². The Bertz CT molecular complexity index is 431. The lowest BCUT2D eigenvalue weighted by atomic mass is 10.2. The SMILES string of the molecule is CC(C)(C)OC(=O)NNc1ccc(CF)cc1F. The van der Waals surface area contributed by atoms with Crippen LogP contribution in [0.2, 0.25) is 0 Å². The summed E-state index contributed by atoms with van der Waals surface area (Å²) in [5.41, 5.74) is 4.19. The molecule has 0 fully saturated rings. The lowest BCUT2D eigenvalue weighted by Crippen LogP contribution is -2.36. The molecule has 0 aliphatic heterocycles. The largest absolute Gasteiger partial charge is 0.443 e. The number of hydrazine groups is 1. The fraction of sp³-hybridized carbons (Fsp3) is 0.417. The second-order valence-corrected chi connectivity index (χ2v) is 4.70. The molecule has 18 heavy (non-hydrogen) atoms. The number of halogens is 2. The molecule has 0 spiro atoms. The van der Waals surface area contributed by atoms with Gasteiger partial charge in [0, 0.05) is 0 Å². The first-order chi connectivity index (χ1) is 8.31. The number of ether oxygens (including phenoxy) is 1. The summed E-state index contributed by atoms with van der Waals surface area (Å²) in [7, 11) is 0. The minimum atomic E-state index is -0.739. The van der Waals surface area contributed by atoms with Gasteiger partial charge in [0.1, 0.15) is 18.1 Å². The monoisotopic (exact) mass is 258 g/mol. The van der Waals surface area contributed by atoms with Crippen LogP contribution in [0.5, 0.6) is 0 Å². The third-order valence-corrected chi connectivity index (χ3v) is 1.89. The molecule has 6 heteroatoms. The molecule has 4 nitrogen and oxygen atoms in total. The second kappa shape index (κ2) is 5.66. The Kier molecular flexibility index (Phi) is 4.47. The highest BCUT2D eigenvalue weighted by Gasteiger charge is 2.16. The van der Waals surface area contributed by atoms with Gasteiger partial charge in [-0.05, 0) is 38.5 Å². The molecule has 1 aromatic rings. The second-order valence-electron chi connectivity index (χ2n) is 4.70. The molecule has 0 atom stereocenters. The van der Waals surface area contributed by atoms with Crippen molar-refractivity contribution in [3.8, 4) is 0 Å². The first-order valence-electron chi connectivity index (χ1n) is 5.41. The molecular formula is C12H16F2N2O2. The predicted octanol–water partition coefficient (Wildman–Crippen LogP) is 3.15. The summed E-state index contributed by atoms with van der Waals surface area (Å²) in [4.78, 5) is 11.3. The number of amides is 1. The minimum Gasteiger partial charge on any atom is -0.443 e. The van der Waals surface area contributed by atoms with Crippen LogP contribution in [-0.4, -0.2) is 11.7 Å². The summed E-state index contributed by atoms with van der Waals surface area (Å²) < 4.78 is 30.6. The summed E-state index contributed by atoms with van der Waals surface area (Å²) in [6.45, 7) is 4.40. The van der Waals surface area contributed by atoms with E-state index in [4.69, 9.17) is 4.74 Å². The van der Waals surface area contributed by atoms with E-state index < -0.39 is 24.2 Å². The number of nitrogens with one attached hydrogen (secondary N) is 2. The van der Waals surface area contributed by atoms with Crippen LogP contribution in [0.15, 0.2) is 18.2 Å². The van der Waals surface area contributed by atoms with E-state index in [1.165, 1.54) is 12.1 Å². The molecule has 0 heterocycles. The van der Waals surface area contributed by atoms with E-state index in [1.54, 1.807) is 20.8 Å². The van der Waals surface area contributed by atoms with Crippen molar-refractivity contribution >= 4 is 11.8 Å². The number of alkyl halides is 1. The van der Waals surface area contributed by atoms with E-state index in [2.05, 4.69) is 10.9 Å². The molecule has 0 saturated heterocycles. The predicted molar refractivity (Wildman–Crippen MR) is 64.2 cm³/mol. The van der Waals surface area contributed by atoms with Crippen LogP contribution < -0.4 is 10.9 Å². The van der Waals surface area contributed by atoms with E-state index in [1.807, 2.05) is 0 Å². The number of carbonyl (C=O) groups is 1. The first-order valence-corrected chi connectivity index (χ1v) is 5.41. The fourth-order valence-corrected chi connectivity index (χ4v) is 1.17. The molecule has 2 N–H and O–H groups in total. The van der Waals surface area contributed by atoms with Gasteiger partial charge in [0.05, 0.1) is 5.69 Å². The van der Waals surface area contributed by atoms with Crippen molar-refractivity contribution in [3.05, 3.63) is 29.6 Å². The highest BCUT2D eigenvalue weighted by atomic mass is 19.1. The average Bonchev–Trinajstić information content (AvgIpc) is 2.25. The number of rotatable bonds is 3. The van der Waals surface area contributed by atoms with Crippen LogP contribution >= 0.6 is 0 Å². The van der Waals surface area contributed by atoms with Gasteiger partial charge in [0.2, 0.25) is 0 Å². The lowest BCUT2D eigenvalue weighted by Gasteiger charge is -2.20. The van der Waals surface area contributed by atoms with Crippen molar-refractivity contribution in [2.45, 2.75) is 33.0 Å². The molecule has 0 bridgehead atoms. The quantitative estimate of drug-likeness (QED) is 0.819. The van der Waals surface area contributed by atoms with Gasteiger partial charge < -0.3 is 4.74 Å². The maximum Gasteiger partial charge on any atom is 0.426 e. The van der Waals surface area contributed by atoms with E-state index in [9.17, 15) is 13.6 Å². The molecule has 0 aliphatic carbocycles. The van der Waals surface area contributed by atoms with Gasteiger partial charge in [-0.1, -0.05) is 6.07 Å². The number of carbonyl (C=O) groups excluding carboxylic acids is 1. The highest BCUT2D eigenvalue weighted by molar-refractivity contribution is 5.69. The van der Waals surface area contributed by atoms with Crippen molar-refractivity contribution in [2.75, 3.05) is 5.43 Å². The molecule has 100 valence electrons. The molecule has 0 unspecified atom stereocenters. The summed E-state index contributed by atoms with van der Waals surface area (Å²) in [6.07, 6.45) is -0.725. The van der Waals surface area contributed by atoms with Crippen molar-refractivity contribution in [2.24, 2.45) is 0 Å². The molecule has 0 aromatic heterocycles. The van der Waals surface area contributed by atoms with Crippen molar-refractivity contribution in [1.82, 2.24) is 5.43 Å². The summed E-state index contributed by atoms with van der Waals surface area (Å²) in [6, 6.07) is 3.81. The molecule has 1 amide bonds. The molecule has 0 aliphatic rings. The Balaban J connectivity index is 2.56. The Hall–Kier alpha value is -1.85. The molecule has 1 rings (SSSR count). The van der Waals surface area contributed by atoms with Crippen molar-refractivity contribution in [1.29, 1.82) is 0 Å². The van der Waals surface area contributed by atoms with Crippen LogP contribution in [0, 0.1) is 5.82 Å². The van der Waals surface area contributed by atoms with Gasteiger partial charge in [-0.2, -0.15) is 0 Å². The minimum absolute atomic E-state index is 0.0399. The van der Waals surface area contributed by atoms with E-state index >= 15 is 0 Å². The Morgan fingerprint density at radius 1 is 1.39 bits per heavy atom. The van der Waals surface area contributed by atoms with Crippen LogP contribution in [0.25, 0.3) is 0 Å². The van der Waals surface area contributed by atoms with Gasteiger partial charge in [0.25, 0.3) is 0 Å². The summed E-state index contributed by atoms with van der Waals surface area (Å²) in [5, 5.41) is 0. The van der Waals surface area contributed by atoms with Crippen LogP contribution in [-0.2, 0) is 11.4 Å². The number of benzene rings is 1. The molecule has 1 aromatic carbocycles. The van der Waals surface area contributed by atoms with Gasteiger partial charge in [0.15, 0.2) is 0 Å². The molecule has 0 radical (unpaired) electrons. The third kappa shape index (κ3) is 4.57. The topological polar surface area (TPSA) is 50.4 Å². The number of hydrogen-bond acceptors (Lipinski definition) is 3. The maximum atomic E-state index is 13.4. The number of hydrogen-bond donors (Lipinski definition) is 2. The van der Waals surface area contributed by atoms with Crippen LogP contribution in [0.4, 0.5) is 19.3 Å². The third-order valence-electron chi connectivity index (χ3n) is 1.89. The Morgan fingerprint density at radius 3 is 2.56 bits per heavy atom. The van der Waals surface area contributed by atoms with Gasteiger partial charge >= 0.3 is 6.09 Å². The standard InChI is InChI=1S/C12H16F2N2O2/c1-12(2,3)18-11(17)16-15-10-5-4-8(7-13)6-9(10)14/h4-6,15H,7H2,1-3H3,(H,16,17). The lowest BCUT2D eigenvalue weighted by molar-refractivity contribution is 0.0541. The first kappa shape index (κ1) is 14.2. The molecular weight excluding hydrogens is 242 g/mol. The van der Waals surface area contributed by atoms with Crippen LogP contribution in [0.3, 0.4) is 0 Å². The number of anilines is 1. The highest BCUT2D eigenvalue weighted by Crippen LogP contribution is 2.15. The van der Waals surface area contributed by atoms with Gasteiger partial charge in [-0.3, -0.25) is 5.43 Å². The zero-order valence-electron chi connectivity index (χ0n) is 10.5. The van der Waals surface area contributed by atoms with Crippen LogP contribution in [0.1, 0.15) is 26.3 Å². The Morgan fingerprint density at radius 2 is 2.06 bits per heavy atom. The van der Waals surface area contributed by atoms with Gasteiger partial charge in [-0.15, -0.1) is 0 Å².